The summed E-state index contributed by atoms with van der Waals surface area (Å²) in [4.78, 5) is 0. The van der Waals surface area contributed by atoms with Crippen molar-refractivity contribution in [3.05, 3.63) is 34.4 Å². The summed E-state index contributed by atoms with van der Waals surface area (Å²) < 4.78 is 148. The Labute approximate surface area is 151 Å². The molecular weight excluding hydrogens is 602 g/mol. The molecule has 24 heavy (non-hydrogen) atoms. The molecule has 0 radical (unpaired) electrons. The van der Waals surface area contributed by atoms with Gasteiger partial charge in [-0.3, -0.25) is 0 Å². The first-order valence-corrected chi connectivity index (χ1v) is 7.30. The van der Waals surface area contributed by atoms with Gasteiger partial charge in [0.15, 0.2) is 23.3 Å². The molecule has 0 saturated carbocycles. The summed E-state index contributed by atoms with van der Waals surface area (Å²) in [7, 11) is 0. The molecule has 1 aromatic carbocycles. The molecule has 0 amide bonds. The maximum absolute atomic E-state index is 13.6. The zero-order valence-corrected chi connectivity index (χ0v) is 14.6. The Hall–Kier alpha value is -0.160. The van der Waals surface area contributed by atoms with Gasteiger partial charge >= 0.3 is 19.7 Å². The van der Waals surface area contributed by atoms with E-state index in [-0.39, 0.29) is 45.2 Å². The third-order valence-corrected chi connectivity index (χ3v) is 3.96. The highest BCUT2D eigenvalue weighted by atomic mass is 127. The quantitative estimate of drug-likeness (QED) is 0.122. The second-order valence-electron chi connectivity index (χ2n) is 4.15. The molecule has 0 aliphatic carbocycles. The van der Waals surface area contributed by atoms with Gasteiger partial charge in [-0.15, -0.1) is 0 Å². The van der Waals surface area contributed by atoms with Crippen LogP contribution in [0.2, 0.25) is 0 Å². The Morgan fingerprint density at radius 2 is 0.667 bits per heavy atom. The van der Waals surface area contributed by atoms with Gasteiger partial charge in [-0.1, -0.05) is 0 Å². The molecule has 0 bridgehead atoms. The molecule has 0 atom stereocenters. The van der Waals surface area contributed by atoms with Gasteiger partial charge in [0, 0.05) is 45.2 Å². The minimum atomic E-state index is -6.08. The Kier molecular flexibility index (Phi) is 5.67. The summed E-state index contributed by atoms with van der Waals surface area (Å²) in [6, 6.07) is 0. The maximum Gasteiger partial charge on any atom is 0.362 e. The van der Waals surface area contributed by atoms with E-state index in [2.05, 4.69) is 0 Å². The van der Waals surface area contributed by atoms with Gasteiger partial charge in [-0.2, -0.15) is 35.1 Å². The summed E-state index contributed by atoms with van der Waals surface area (Å²) in [5, 5.41) is 0. The van der Waals surface area contributed by atoms with Crippen LogP contribution in [0.25, 0.3) is 0 Å². The lowest BCUT2D eigenvalue weighted by Gasteiger charge is -2.30. The van der Waals surface area contributed by atoms with E-state index >= 15 is 0 Å². The van der Waals surface area contributed by atoms with Gasteiger partial charge in [0.05, 0.1) is 11.1 Å². The number of alkyl halides is 10. The highest BCUT2D eigenvalue weighted by molar-refractivity contribution is 14.1. The Bertz CT molecular complexity index is 601. The molecule has 0 spiro atoms. The molecule has 14 heteroatoms. The fraction of sp³-hybridized carbons (Fsp3) is 0.400. The minimum absolute atomic E-state index is 0.385. The normalized spacial score (nSPS) is 14.2. The van der Waals surface area contributed by atoms with Crippen LogP contribution in [0.3, 0.4) is 0 Å². The summed E-state index contributed by atoms with van der Waals surface area (Å²) in [5.74, 6) is -25.1. The fourth-order valence-electron chi connectivity index (χ4n) is 1.50. The summed E-state index contributed by atoms with van der Waals surface area (Å²) in [5.41, 5.74) is -6.81. The minimum Gasteiger partial charge on any atom is -0.203 e. The van der Waals surface area contributed by atoms with Gasteiger partial charge in [0.2, 0.25) is 0 Å². The van der Waals surface area contributed by atoms with Crippen molar-refractivity contribution in [2.24, 2.45) is 0 Å². The van der Waals surface area contributed by atoms with Gasteiger partial charge < -0.3 is 0 Å². The Balaban J connectivity index is 4.11. The average molecular weight is 602 g/mol. The SMILES string of the molecule is Fc1c(F)c(F)c(C(F)(F)C(F)(F)I)c(C(F)(F)C(F)(F)I)c1F. The molecule has 0 N–H and O–H groups in total. The smallest absolute Gasteiger partial charge is 0.203 e. The van der Waals surface area contributed by atoms with E-state index < -0.39 is 54.1 Å². The Morgan fingerprint density at radius 3 is 0.833 bits per heavy atom. The van der Waals surface area contributed by atoms with E-state index in [0.717, 1.165) is 0 Å². The third-order valence-electron chi connectivity index (χ3n) is 2.61. The van der Waals surface area contributed by atoms with Crippen LogP contribution < -0.4 is 0 Å². The number of hydrogen-bond donors (Lipinski definition) is 0. The van der Waals surface area contributed by atoms with E-state index in [1.54, 1.807) is 0 Å². The summed E-state index contributed by atoms with van der Waals surface area (Å²) in [6.45, 7) is 0. The molecular formula is C10F12I2. The molecule has 0 aliphatic heterocycles. The molecule has 138 valence electrons. The number of benzene rings is 1. The average Bonchev–Trinajstić information content (AvgIpc) is 2.36. The monoisotopic (exact) mass is 602 g/mol. The van der Waals surface area contributed by atoms with Crippen LogP contribution in [0, 0.1) is 23.3 Å². The lowest BCUT2D eigenvalue weighted by molar-refractivity contribution is -0.168. The lowest BCUT2D eigenvalue weighted by atomic mass is 9.94. The van der Waals surface area contributed by atoms with Crippen LogP contribution in [0.15, 0.2) is 0 Å². The Morgan fingerprint density at radius 1 is 0.458 bits per heavy atom. The van der Waals surface area contributed by atoms with Gasteiger partial charge in [-0.05, 0) is 0 Å². The van der Waals surface area contributed by atoms with E-state index in [1.165, 1.54) is 0 Å². The molecule has 0 unspecified atom stereocenters. The third kappa shape index (κ3) is 3.27. The summed E-state index contributed by atoms with van der Waals surface area (Å²) in [6.07, 6.45) is 0. The number of hydrogen-bond acceptors (Lipinski definition) is 0. The molecule has 0 nitrogen and oxygen atoms in total. The van der Waals surface area contributed by atoms with E-state index in [4.69, 9.17) is 0 Å². The molecule has 0 heterocycles. The van der Waals surface area contributed by atoms with Crippen molar-refractivity contribution in [1.29, 1.82) is 0 Å². The van der Waals surface area contributed by atoms with Crippen LogP contribution in [0.1, 0.15) is 11.1 Å². The van der Waals surface area contributed by atoms with Crippen LogP contribution in [-0.2, 0) is 11.8 Å². The molecule has 0 aromatic heterocycles. The maximum atomic E-state index is 13.6. The largest absolute Gasteiger partial charge is 0.362 e. The first-order chi connectivity index (χ1) is 10.4. The number of rotatable bonds is 4. The molecule has 0 saturated heterocycles. The first-order valence-electron chi connectivity index (χ1n) is 5.15. The van der Waals surface area contributed by atoms with E-state index in [0.29, 0.717) is 0 Å². The topological polar surface area (TPSA) is 0 Å². The van der Waals surface area contributed by atoms with Crippen molar-refractivity contribution in [3.63, 3.8) is 0 Å². The molecule has 1 aromatic rings. The molecule has 1 rings (SSSR count). The second kappa shape index (κ2) is 6.22. The van der Waals surface area contributed by atoms with Gasteiger partial charge in [-0.25, -0.2) is 17.6 Å². The lowest BCUT2D eigenvalue weighted by Crippen LogP contribution is -2.41. The van der Waals surface area contributed by atoms with Crippen LogP contribution in [-0.4, -0.2) is 7.86 Å². The van der Waals surface area contributed by atoms with Crippen LogP contribution >= 0.6 is 45.2 Å². The first kappa shape index (κ1) is 21.9. The van der Waals surface area contributed by atoms with Crippen molar-refractivity contribution in [2.45, 2.75) is 19.7 Å². The van der Waals surface area contributed by atoms with E-state index in [9.17, 15) is 52.7 Å². The zero-order chi connectivity index (χ0) is 19.5. The van der Waals surface area contributed by atoms with Gasteiger partial charge in [0.1, 0.15) is 0 Å². The molecule has 0 fully saturated rings. The predicted molar refractivity (Wildman–Crippen MR) is 72.0 cm³/mol. The molecule has 0 aliphatic rings. The van der Waals surface area contributed by atoms with Crippen LogP contribution in [0.5, 0.6) is 0 Å². The fourth-order valence-corrected chi connectivity index (χ4v) is 2.04. The second-order valence-corrected chi connectivity index (χ2v) is 6.86. The van der Waals surface area contributed by atoms with Crippen molar-refractivity contribution < 1.29 is 52.7 Å². The van der Waals surface area contributed by atoms with Crippen LogP contribution in [0.4, 0.5) is 52.7 Å². The predicted octanol–water partition coefficient (Wildman–Crippen LogP) is 6.48. The van der Waals surface area contributed by atoms with Gasteiger partial charge in [0.25, 0.3) is 0 Å². The zero-order valence-electron chi connectivity index (χ0n) is 10.3. The standard InChI is InChI=1S/C10F12I2/c11-3-1(7(15,16)9(19,20)23)2(4(12)6(14)5(3)13)8(17,18)10(21,22)24. The summed E-state index contributed by atoms with van der Waals surface area (Å²) >= 11 is -0.771. The van der Waals surface area contributed by atoms with Crippen molar-refractivity contribution >= 4 is 45.2 Å². The highest BCUT2D eigenvalue weighted by Crippen LogP contribution is 2.56. The number of halogens is 14. The highest BCUT2D eigenvalue weighted by Gasteiger charge is 2.66. The van der Waals surface area contributed by atoms with Crippen molar-refractivity contribution in [1.82, 2.24) is 0 Å². The van der Waals surface area contributed by atoms with Crippen molar-refractivity contribution in [2.75, 3.05) is 0 Å². The van der Waals surface area contributed by atoms with Crippen molar-refractivity contribution in [3.8, 4) is 0 Å². The van der Waals surface area contributed by atoms with E-state index in [1.807, 2.05) is 0 Å².